The standard InChI is InChI=1S/C16H23N3O2/c1-16(2,3)19-12-13(11-18-19)10-17-14-4-6-15(7-5-14)21-9-8-20/h4-7,11-12,17,20H,8-10H2,1-3H3. The molecule has 0 aliphatic carbocycles. The van der Waals surface area contributed by atoms with Crippen molar-refractivity contribution in [1.29, 1.82) is 0 Å². The van der Waals surface area contributed by atoms with Gasteiger partial charge in [-0.05, 0) is 45.0 Å². The van der Waals surface area contributed by atoms with Gasteiger partial charge in [-0.1, -0.05) is 0 Å². The number of aliphatic hydroxyl groups excluding tert-OH is 1. The van der Waals surface area contributed by atoms with E-state index in [1.165, 1.54) is 0 Å². The Morgan fingerprint density at radius 1 is 1.24 bits per heavy atom. The molecule has 0 spiro atoms. The van der Waals surface area contributed by atoms with Crippen LogP contribution in [0.2, 0.25) is 0 Å². The Morgan fingerprint density at radius 3 is 2.52 bits per heavy atom. The minimum atomic E-state index is 0.00391. The van der Waals surface area contributed by atoms with Crippen LogP contribution in [0.5, 0.6) is 5.75 Å². The average Bonchev–Trinajstić information content (AvgIpc) is 2.93. The van der Waals surface area contributed by atoms with Gasteiger partial charge in [0.25, 0.3) is 0 Å². The van der Waals surface area contributed by atoms with Gasteiger partial charge in [-0.15, -0.1) is 0 Å². The molecule has 0 saturated heterocycles. The number of aromatic nitrogens is 2. The van der Waals surface area contributed by atoms with Crippen LogP contribution < -0.4 is 10.1 Å². The second-order valence-corrected chi connectivity index (χ2v) is 5.91. The molecule has 1 heterocycles. The van der Waals surface area contributed by atoms with Crippen molar-refractivity contribution < 1.29 is 9.84 Å². The Kier molecular flexibility index (Phi) is 4.85. The fraction of sp³-hybridized carbons (Fsp3) is 0.438. The minimum absolute atomic E-state index is 0.00391. The van der Waals surface area contributed by atoms with E-state index in [9.17, 15) is 0 Å². The molecule has 1 aromatic heterocycles. The number of aliphatic hydroxyl groups is 1. The average molecular weight is 289 g/mol. The molecule has 0 amide bonds. The lowest BCUT2D eigenvalue weighted by molar-refractivity contribution is 0.201. The Morgan fingerprint density at radius 2 is 1.95 bits per heavy atom. The number of hydrogen-bond donors (Lipinski definition) is 2. The van der Waals surface area contributed by atoms with Crippen LogP contribution >= 0.6 is 0 Å². The highest BCUT2D eigenvalue weighted by Gasteiger charge is 2.13. The maximum Gasteiger partial charge on any atom is 0.119 e. The molecule has 2 N–H and O–H groups in total. The topological polar surface area (TPSA) is 59.3 Å². The fourth-order valence-electron chi connectivity index (χ4n) is 1.85. The van der Waals surface area contributed by atoms with Gasteiger partial charge in [-0.3, -0.25) is 4.68 Å². The summed E-state index contributed by atoms with van der Waals surface area (Å²) in [6, 6.07) is 7.69. The predicted molar refractivity (Wildman–Crippen MR) is 83.6 cm³/mol. The van der Waals surface area contributed by atoms with Crippen molar-refractivity contribution in [3.8, 4) is 5.75 Å². The van der Waals surface area contributed by atoms with E-state index in [1.807, 2.05) is 35.1 Å². The predicted octanol–water partition coefficient (Wildman–Crippen LogP) is 2.62. The van der Waals surface area contributed by atoms with Crippen molar-refractivity contribution in [2.75, 3.05) is 18.5 Å². The number of nitrogens with one attached hydrogen (secondary N) is 1. The van der Waals surface area contributed by atoms with Gasteiger partial charge in [0.2, 0.25) is 0 Å². The van der Waals surface area contributed by atoms with E-state index in [4.69, 9.17) is 9.84 Å². The molecule has 5 nitrogen and oxygen atoms in total. The van der Waals surface area contributed by atoms with Gasteiger partial charge in [0.15, 0.2) is 0 Å². The number of nitrogens with zero attached hydrogens (tertiary/aromatic N) is 2. The highest BCUT2D eigenvalue weighted by atomic mass is 16.5. The van der Waals surface area contributed by atoms with E-state index >= 15 is 0 Å². The highest BCUT2D eigenvalue weighted by molar-refractivity contribution is 5.46. The summed E-state index contributed by atoms with van der Waals surface area (Å²) in [5, 5.41) is 16.4. The summed E-state index contributed by atoms with van der Waals surface area (Å²) in [5.74, 6) is 0.759. The monoisotopic (exact) mass is 289 g/mol. The molecule has 2 rings (SSSR count). The van der Waals surface area contributed by atoms with Crippen molar-refractivity contribution >= 4 is 5.69 Å². The number of hydrogen-bond acceptors (Lipinski definition) is 4. The second kappa shape index (κ2) is 6.63. The zero-order chi connectivity index (χ0) is 15.3. The van der Waals surface area contributed by atoms with Crippen LogP contribution in [0, 0.1) is 0 Å². The lowest BCUT2D eigenvalue weighted by Crippen LogP contribution is -2.21. The summed E-state index contributed by atoms with van der Waals surface area (Å²) in [4.78, 5) is 0. The van der Waals surface area contributed by atoms with Crippen molar-refractivity contribution in [2.24, 2.45) is 0 Å². The van der Waals surface area contributed by atoms with E-state index in [0.29, 0.717) is 6.61 Å². The van der Waals surface area contributed by atoms with Crippen LogP contribution in [0.4, 0.5) is 5.69 Å². The lowest BCUT2D eigenvalue weighted by Gasteiger charge is -2.18. The first kappa shape index (κ1) is 15.4. The van der Waals surface area contributed by atoms with Crippen molar-refractivity contribution in [3.63, 3.8) is 0 Å². The van der Waals surface area contributed by atoms with E-state index in [2.05, 4.69) is 37.4 Å². The third-order valence-corrected chi connectivity index (χ3v) is 3.03. The number of benzene rings is 1. The van der Waals surface area contributed by atoms with Crippen LogP contribution in [0.15, 0.2) is 36.7 Å². The van der Waals surface area contributed by atoms with Crippen molar-refractivity contribution in [1.82, 2.24) is 9.78 Å². The molecule has 2 aromatic rings. The molecule has 5 heteroatoms. The summed E-state index contributed by atoms with van der Waals surface area (Å²) < 4.78 is 7.29. The van der Waals surface area contributed by atoms with E-state index < -0.39 is 0 Å². The molecule has 0 radical (unpaired) electrons. The normalized spacial score (nSPS) is 11.4. The van der Waals surface area contributed by atoms with Gasteiger partial charge >= 0.3 is 0 Å². The first-order valence-electron chi connectivity index (χ1n) is 7.10. The smallest absolute Gasteiger partial charge is 0.119 e. The largest absolute Gasteiger partial charge is 0.491 e. The molecule has 0 fully saturated rings. The van der Waals surface area contributed by atoms with Crippen LogP contribution in [-0.2, 0) is 12.1 Å². The number of ether oxygens (including phenoxy) is 1. The molecule has 1 aromatic carbocycles. The molecule has 0 atom stereocenters. The van der Waals surface area contributed by atoms with Crippen LogP contribution in [0.3, 0.4) is 0 Å². The molecular weight excluding hydrogens is 266 g/mol. The van der Waals surface area contributed by atoms with Crippen LogP contribution in [-0.4, -0.2) is 28.1 Å². The maximum atomic E-state index is 8.71. The van der Waals surface area contributed by atoms with Gasteiger partial charge in [-0.2, -0.15) is 5.10 Å². The van der Waals surface area contributed by atoms with Gasteiger partial charge in [-0.25, -0.2) is 0 Å². The molecule has 114 valence electrons. The highest BCUT2D eigenvalue weighted by Crippen LogP contribution is 2.17. The van der Waals surface area contributed by atoms with Crippen LogP contribution in [0.1, 0.15) is 26.3 Å². The van der Waals surface area contributed by atoms with Crippen molar-refractivity contribution in [2.45, 2.75) is 32.9 Å². The number of anilines is 1. The minimum Gasteiger partial charge on any atom is -0.491 e. The van der Waals surface area contributed by atoms with Crippen LogP contribution in [0.25, 0.3) is 0 Å². The Labute approximate surface area is 125 Å². The summed E-state index contributed by atoms with van der Waals surface area (Å²) in [7, 11) is 0. The van der Waals surface area contributed by atoms with E-state index in [0.717, 1.165) is 23.5 Å². The Bertz CT molecular complexity index is 556. The molecule has 0 aliphatic heterocycles. The fourth-order valence-corrected chi connectivity index (χ4v) is 1.85. The molecule has 21 heavy (non-hydrogen) atoms. The van der Waals surface area contributed by atoms with E-state index in [1.54, 1.807) is 0 Å². The van der Waals surface area contributed by atoms with Crippen molar-refractivity contribution in [3.05, 3.63) is 42.2 Å². The van der Waals surface area contributed by atoms with Gasteiger partial charge in [0.1, 0.15) is 12.4 Å². The Hall–Kier alpha value is -2.01. The molecule has 0 aliphatic rings. The molecule has 0 unspecified atom stereocenters. The zero-order valence-corrected chi connectivity index (χ0v) is 12.8. The van der Waals surface area contributed by atoms with Gasteiger partial charge in [0, 0.05) is 24.0 Å². The third kappa shape index (κ3) is 4.49. The zero-order valence-electron chi connectivity index (χ0n) is 12.8. The lowest BCUT2D eigenvalue weighted by atomic mass is 10.1. The maximum absolute atomic E-state index is 8.71. The second-order valence-electron chi connectivity index (χ2n) is 5.91. The first-order chi connectivity index (χ1) is 9.99. The summed E-state index contributed by atoms with van der Waals surface area (Å²) >= 11 is 0. The summed E-state index contributed by atoms with van der Waals surface area (Å²) in [5.41, 5.74) is 2.17. The number of rotatable bonds is 6. The molecule has 0 saturated carbocycles. The first-order valence-corrected chi connectivity index (χ1v) is 7.10. The summed E-state index contributed by atoms with van der Waals surface area (Å²) in [6.45, 7) is 7.45. The van der Waals surface area contributed by atoms with Gasteiger partial charge in [0.05, 0.1) is 18.3 Å². The molecule has 0 bridgehead atoms. The quantitative estimate of drug-likeness (QED) is 0.858. The summed E-state index contributed by atoms with van der Waals surface area (Å²) in [6.07, 6.45) is 3.95. The third-order valence-electron chi connectivity index (χ3n) is 3.03. The van der Waals surface area contributed by atoms with E-state index in [-0.39, 0.29) is 12.1 Å². The molecular formula is C16H23N3O2. The van der Waals surface area contributed by atoms with Gasteiger partial charge < -0.3 is 15.2 Å². The Balaban J connectivity index is 1.89. The SMILES string of the molecule is CC(C)(C)n1cc(CNc2ccc(OCCO)cc2)cn1.